The summed E-state index contributed by atoms with van der Waals surface area (Å²) < 4.78 is 0.947. The van der Waals surface area contributed by atoms with Crippen molar-refractivity contribution in [1.82, 2.24) is 4.98 Å². The van der Waals surface area contributed by atoms with Crippen LogP contribution >= 0.6 is 23.1 Å². The lowest BCUT2D eigenvalue weighted by molar-refractivity contribution is 0.0696. The van der Waals surface area contributed by atoms with Gasteiger partial charge < -0.3 is 5.11 Å². The molecule has 88 valence electrons. The number of aryl methyl sites for hydroxylation is 2. The summed E-state index contributed by atoms with van der Waals surface area (Å²) in [5.74, 6) is -0.904. The van der Waals surface area contributed by atoms with Gasteiger partial charge in [-0.1, -0.05) is 17.8 Å². The summed E-state index contributed by atoms with van der Waals surface area (Å²) in [6.45, 7) is 4.01. The molecule has 1 aromatic heterocycles. The number of carbonyl (C=O) groups is 1. The van der Waals surface area contributed by atoms with Crippen molar-refractivity contribution < 1.29 is 9.90 Å². The Hall–Kier alpha value is -1.33. The third-order valence-corrected chi connectivity index (χ3v) is 4.42. The van der Waals surface area contributed by atoms with Gasteiger partial charge in [-0.05, 0) is 32.0 Å². The lowest BCUT2D eigenvalue weighted by atomic mass is 10.2. The van der Waals surface area contributed by atoms with Gasteiger partial charge >= 0.3 is 5.97 Å². The van der Waals surface area contributed by atoms with Crippen LogP contribution in [0.3, 0.4) is 0 Å². The topological polar surface area (TPSA) is 50.2 Å². The van der Waals surface area contributed by atoms with Crippen LogP contribution in [0.25, 0.3) is 0 Å². The summed E-state index contributed by atoms with van der Waals surface area (Å²) >= 11 is 3.13. The van der Waals surface area contributed by atoms with E-state index in [0.29, 0.717) is 5.56 Å². The van der Waals surface area contributed by atoms with E-state index in [9.17, 15) is 4.79 Å². The van der Waals surface area contributed by atoms with E-state index in [1.54, 1.807) is 29.5 Å². The minimum absolute atomic E-state index is 0.306. The van der Waals surface area contributed by atoms with E-state index in [1.807, 2.05) is 19.9 Å². The molecule has 0 bridgehead atoms. The molecule has 17 heavy (non-hydrogen) atoms. The van der Waals surface area contributed by atoms with Crippen molar-refractivity contribution in [2.24, 2.45) is 0 Å². The lowest BCUT2D eigenvalue weighted by Gasteiger charge is -1.99. The minimum atomic E-state index is -0.904. The van der Waals surface area contributed by atoms with Gasteiger partial charge in [-0.3, -0.25) is 0 Å². The first-order valence-electron chi connectivity index (χ1n) is 5.01. The zero-order valence-corrected chi connectivity index (χ0v) is 11.1. The van der Waals surface area contributed by atoms with Crippen molar-refractivity contribution in [3.05, 3.63) is 40.4 Å². The third kappa shape index (κ3) is 2.87. The maximum atomic E-state index is 10.8. The van der Waals surface area contributed by atoms with E-state index in [0.717, 1.165) is 14.9 Å². The molecule has 2 aromatic rings. The Bertz CT molecular complexity index is 544. The Morgan fingerprint density at radius 1 is 1.41 bits per heavy atom. The van der Waals surface area contributed by atoms with Crippen LogP contribution in [0.4, 0.5) is 0 Å². The maximum Gasteiger partial charge on any atom is 0.335 e. The molecule has 5 heteroatoms. The van der Waals surface area contributed by atoms with Crippen molar-refractivity contribution >= 4 is 29.1 Å². The first-order chi connectivity index (χ1) is 8.06. The highest BCUT2D eigenvalue weighted by atomic mass is 32.2. The molecule has 3 nitrogen and oxygen atoms in total. The van der Waals surface area contributed by atoms with Crippen LogP contribution in [0.1, 0.15) is 20.9 Å². The SMILES string of the molecule is Cc1nc(Sc2cccc(C(=O)O)c2)sc1C. The van der Waals surface area contributed by atoms with Gasteiger partial charge in [0.1, 0.15) is 0 Å². The first-order valence-corrected chi connectivity index (χ1v) is 6.65. The summed E-state index contributed by atoms with van der Waals surface area (Å²) in [6, 6.07) is 6.89. The second-order valence-electron chi connectivity index (χ2n) is 3.56. The molecule has 0 aliphatic heterocycles. The summed E-state index contributed by atoms with van der Waals surface area (Å²) in [5, 5.41) is 8.90. The molecule has 1 N–H and O–H groups in total. The molecule has 0 fully saturated rings. The van der Waals surface area contributed by atoms with Gasteiger partial charge in [0.2, 0.25) is 0 Å². The molecule has 0 saturated heterocycles. The van der Waals surface area contributed by atoms with Crippen LogP contribution in [0, 0.1) is 13.8 Å². The normalized spacial score (nSPS) is 10.5. The molecule has 0 unspecified atom stereocenters. The second kappa shape index (κ2) is 4.89. The molecule has 0 aliphatic carbocycles. The van der Waals surface area contributed by atoms with Crippen LogP contribution < -0.4 is 0 Å². The molecule has 0 radical (unpaired) electrons. The van der Waals surface area contributed by atoms with E-state index in [2.05, 4.69) is 4.98 Å². The Morgan fingerprint density at radius 3 is 2.76 bits per heavy atom. The summed E-state index contributed by atoms with van der Waals surface area (Å²) in [7, 11) is 0. The largest absolute Gasteiger partial charge is 0.478 e. The highest BCUT2D eigenvalue weighted by Crippen LogP contribution is 2.32. The summed E-state index contributed by atoms with van der Waals surface area (Å²) in [5.41, 5.74) is 1.34. The van der Waals surface area contributed by atoms with E-state index in [4.69, 9.17) is 5.11 Å². The van der Waals surface area contributed by atoms with Gasteiger partial charge in [0, 0.05) is 9.77 Å². The van der Waals surface area contributed by atoms with Gasteiger partial charge in [-0.2, -0.15) is 0 Å². The fraction of sp³-hybridized carbons (Fsp3) is 0.167. The van der Waals surface area contributed by atoms with Crippen molar-refractivity contribution in [2.45, 2.75) is 23.1 Å². The van der Waals surface area contributed by atoms with Gasteiger partial charge in [0.05, 0.1) is 11.3 Å². The average molecular weight is 265 g/mol. The third-order valence-electron chi connectivity index (χ3n) is 2.30. The minimum Gasteiger partial charge on any atom is -0.478 e. The predicted molar refractivity (Wildman–Crippen MR) is 69.1 cm³/mol. The van der Waals surface area contributed by atoms with Crippen LogP contribution in [0.2, 0.25) is 0 Å². The second-order valence-corrected chi connectivity index (χ2v) is 6.08. The van der Waals surface area contributed by atoms with E-state index >= 15 is 0 Å². The van der Waals surface area contributed by atoms with E-state index in [1.165, 1.54) is 16.6 Å². The van der Waals surface area contributed by atoms with Crippen molar-refractivity contribution in [2.75, 3.05) is 0 Å². The molecule has 1 aromatic carbocycles. The predicted octanol–water partition coefficient (Wildman–Crippen LogP) is 3.61. The molecule has 0 saturated carbocycles. The Kier molecular flexibility index (Phi) is 3.49. The van der Waals surface area contributed by atoms with Gasteiger partial charge in [-0.15, -0.1) is 11.3 Å². The standard InChI is InChI=1S/C12H11NO2S2/c1-7-8(2)16-12(13-7)17-10-5-3-4-9(6-10)11(14)15/h3-6H,1-2H3,(H,14,15). The quantitative estimate of drug-likeness (QED) is 0.921. The monoisotopic (exact) mass is 265 g/mol. The average Bonchev–Trinajstić information content (AvgIpc) is 2.58. The van der Waals surface area contributed by atoms with Crippen molar-refractivity contribution in [3.63, 3.8) is 0 Å². The van der Waals surface area contributed by atoms with E-state index < -0.39 is 5.97 Å². The fourth-order valence-electron chi connectivity index (χ4n) is 1.28. The summed E-state index contributed by atoms with van der Waals surface area (Å²) in [4.78, 5) is 17.4. The molecule has 2 rings (SSSR count). The van der Waals surface area contributed by atoms with Gasteiger partial charge in [-0.25, -0.2) is 9.78 Å². The lowest BCUT2D eigenvalue weighted by Crippen LogP contribution is -1.95. The number of aromatic carboxylic acids is 1. The van der Waals surface area contributed by atoms with Crippen molar-refractivity contribution in [3.8, 4) is 0 Å². The highest BCUT2D eigenvalue weighted by molar-refractivity contribution is 8.01. The van der Waals surface area contributed by atoms with Gasteiger partial charge in [0.15, 0.2) is 4.34 Å². The fourth-order valence-corrected chi connectivity index (χ4v) is 3.47. The number of aromatic nitrogens is 1. The highest BCUT2D eigenvalue weighted by Gasteiger charge is 2.08. The number of thiazole rings is 1. The molecule has 0 atom stereocenters. The van der Waals surface area contributed by atoms with Crippen molar-refractivity contribution in [1.29, 1.82) is 0 Å². The number of rotatable bonds is 3. The number of hydrogen-bond acceptors (Lipinski definition) is 4. The zero-order chi connectivity index (χ0) is 12.4. The molecule has 0 amide bonds. The molecule has 1 heterocycles. The van der Waals surface area contributed by atoms with Crippen LogP contribution in [-0.2, 0) is 0 Å². The van der Waals surface area contributed by atoms with Crippen LogP contribution in [-0.4, -0.2) is 16.1 Å². The molecule has 0 aliphatic rings. The number of carboxylic acids is 1. The smallest absolute Gasteiger partial charge is 0.335 e. The Morgan fingerprint density at radius 2 is 2.18 bits per heavy atom. The Labute approximate surface area is 108 Å². The number of hydrogen-bond donors (Lipinski definition) is 1. The molecule has 0 spiro atoms. The number of carboxylic acid groups (broad SMARTS) is 1. The number of benzene rings is 1. The first kappa shape index (κ1) is 12.1. The van der Waals surface area contributed by atoms with Crippen LogP contribution in [0.15, 0.2) is 33.5 Å². The molecular formula is C12H11NO2S2. The number of nitrogens with zero attached hydrogens (tertiary/aromatic N) is 1. The van der Waals surface area contributed by atoms with Crippen LogP contribution in [0.5, 0.6) is 0 Å². The summed E-state index contributed by atoms with van der Waals surface area (Å²) in [6.07, 6.45) is 0. The molecular weight excluding hydrogens is 254 g/mol. The Balaban J connectivity index is 2.24. The zero-order valence-electron chi connectivity index (χ0n) is 9.43. The van der Waals surface area contributed by atoms with E-state index in [-0.39, 0.29) is 0 Å². The van der Waals surface area contributed by atoms with Gasteiger partial charge in [0.25, 0.3) is 0 Å². The maximum absolute atomic E-state index is 10.8.